The minimum absolute atomic E-state index is 0. The first-order chi connectivity index (χ1) is 15.4. The third-order valence-corrected chi connectivity index (χ3v) is 5.28. The highest BCUT2D eigenvalue weighted by Gasteiger charge is 2.17. The topological polar surface area (TPSA) is 98.7 Å². The number of nitrogens with one attached hydrogen (secondary N) is 1. The lowest BCUT2D eigenvalue weighted by Gasteiger charge is -2.11. The van der Waals surface area contributed by atoms with Crippen LogP contribution >= 0.6 is 0 Å². The Morgan fingerprint density at radius 1 is 1.12 bits per heavy atom. The molecule has 8 nitrogen and oxygen atoms in total. The summed E-state index contributed by atoms with van der Waals surface area (Å²) in [7, 11) is 1.92. The van der Waals surface area contributed by atoms with Crippen molar-refractivity contribution in [2.75, 3.05) is 7.05 Å². The molecule has 1 aromatic carbocycles. The van der Waals surface area contributed by atoms with Gasteiger partial charge in [0.1, 0.15) is 5.69 Å². The minimum atomic E-state index is -0.0540. The molecule has 0 bridgehead atoms. The zero-order valence-corrected chi connectivity index (χ0v) is 18.9. The van der Waals surface area contributed by atoms with E-state index in [1.54, 1.807) is 29.1 Å². The van der Waals surface area contributed by atoms with Crippen molar-refractivity contribution in [1.29, 1.82) is 0 Å². The van der Waals surface area contributed by atoms with Gasteiger partial charge in [-0.25, -0.2) is 4.98 Å². The second-order valence-corrected chi connectivity index (χ2v) is 8.04. The molecule has 0 amide bonds. The Bertz CT molecular complexity index is 1330. The Labute approximate surface area is 187 Å². The molecule has 166 valence electrons. The summed E-state index contributed by atoms with van der Waals surface area (Å²) < 4.78 is 7.66. The van der Waals surface area contributed by atoms with Crippen molar-refractivity contribution in [3.05, 3.63) is 69.9 Å². The summed E-state index contributed by atoms with van der Waals surface area (Å²) in [5.74, 6) is 0.746. The van der Waals surface area contributed by atoms with Crippen molar-refractivity contribution in [3.8, 4) is 34.3 Å². The zero-order valence-electron chi connectivity index (χ0n) is 18.9. The van der Waals surface area contributed by atoms with Crippen LogP contribution in [0.15, 0.2) is 51.9 Å². The van der Waals surface area contributed by atoms with Gasteiger partial charge in [0.25, 0.3) is 11.4 Å². The van der Waals surface area contributed by atoms with Crippen LogP contribution in [0.4, 0.5) is 0 Å². The SMILES string of the molecule is CNCc1ccc(-c2nnc(-c3nc(-c4ccc(=O)n(C(C)C)c4)cnc3C)o2)c(C)c1.[HH]. The molecule has 3 heterocycles. The van der Waals surface area contributed by atoms with Crippen LogP contribution in [-0.2, 0) is 6.54 Å². The summed E-state index contributed by atoms with van der Waals surface area (Å²) in [4.78, 5) is 21.3. The first-order valence-electron chi connectivity index (χ1n) is 10.5. The summed E-state index contributed by atoms with van der Waals surface area (Å²) in [6.45, 7) is 8.59. The largest absolute Gasteiger partial charge is 0.415 e. The van der Waals surface area contributed by atoms with Crippen LogP contribution in [0.1, 0.15) is 38.1 Å². The molecule has 0 spiro atoms. The Morgan fingerprint density at radius 2 is 1.91 bits per heavy atom. The predicted octanol–water partition coefficient (Wildman–Crippen LogP) is 4.19. The number of rotatable bonds is 6. The number of pyridine rings is 1. The third-order valence-electron chi connectivity index (χ3n) is 5.28. The summed E-state index contributed by atoms with van der Waals surface area (Å²) in [6.07, 6.45) is 3.48. The molecule has 4 aromatic rings. The van der Waals surface area contributed by atoms with Gasteiger partial charge >= 0.3 is 0 Å². The molecule has 4 rings (SSSR count). The Morgan fingerprint density at radius 3 is 2.62 bits per heavy atom. The fourth-order valence-corrected chi connectivity index (χ4v) is 3.56. The molecule has 3 aromatic heterocycles. The van der Waals surface area contributed by atoms with E-state index in [-0.39, 0.29) is 13.0 Å². The quantitative estimate of drug-likeness (QED) is 0.488. The van der Waals surface area contributed by atoms with Crippen molar-refractivity contribution in [3.63, 3.8) is 0 Å². The molecule has 0 radical (unpaired) electrons. The fraction of sp³-hybridized carbons (Fsp3) is 0.292. The average molecular weight is 433 g/mol. The lowest BCUT2D eigenvalue weighted by molar-refractivity contribution is 0.578. The van der Waals surface area contributed by atoms with E-state index >= 15 is 0 Å². The molecule has 0 saturated heterocycles. The standard InChI is InChI=1S/C24H26N6O2.H2/c1-14(2)30-13-18(7-9-21(30)31)20-12-26-16(4)22(27-20)24-29-28-23(32-24)19-8-6-17(11-25-5)10-15(19)3;/h6-10,12-14,25H,11H2,1-5H3;1H. The average Bonchev–Trinajstić information content (AvgIpc) is 3.24. The Kier molecular flexibility index (Phi) is 5.96. The van der Waals surface area contributed by atoms with Crippen molar-refractivity contribution in [2.45, 2.75) is 40.3 Å². The highest BCUT2D eigenvalue weighted by molar-refractivity contribution is 5.64. The van der Waals surface area contributed by atoms with Gasteiger partial charge in [0, 0.05) is 37.4 Å². The number of hydrogen-bond donors (Lipinski definition) is 1. The van der Waals surface area contributed by atoms with E-state index in [9.17, 15) is 4.79 Å². The number of aromatic nitrogens is 5. The molecule has 32 heavy (non-hydrogen) atoms. The van der Waals surface area contributed by atoms with Gasteiger partial charge in [0.15, 0.2) is 0 Å². The maximum Gasteiger partial charge on any atom is 0.268 e. The van der Waals surface area contributed by atoms with Gasteiger partial charge in [-0.05, 0) is 58.0 Å². The smallest absolute Gasteiger partial charge is 0.268 e. The lowest BCUT2D eigenvalue weighted by Crippen LogP contribution is -2.20. The Hall–Kier alpha value is -3.65. The lowest BCUT2D eigenvalue weighted by atomic mass is 10.1. The van der Waals surface area contributed by atoms with Gasteiger partial charge in [-0.15, -0.1) is 10.2 Å². The molecule has 0 aliphatic rings. The first kappa shape index (κ1) is 21.6. The molecule has 0 fully saturated rings. The molecule has 0 aliphatic carbocycles. The number of nitrogens with zero attached hydrogens (tertiary/aromatic N) is 5. The van der Waals surface area contributed by atoms with E-state index in [0.29, 0.717) is 28.9 Å². The fourth-order valence-electron chi connectivity index (χ4n) is 3.56. The molecule has 1 N–H and O–H groups in total. The molecule has 0 atom stereocenters. The molecule has 0 saturated carbocycles. The van der Waals surface area contributed by atoms with Crippen LogP contribution in [0.3, 0.4) is 0 Å². The first-order valence-corrected chi connectivity index (χ1v) is 10.5. The number of benzene rings is 1. The van der Waals surface area contributed by atoms with Crippen LogP contribution in [0, 0.1) is 13.8 Å². The van der Waals surface area contributed by atoms with Crippen molar-refractivity contribution >= 4 is 0 Å². The molecule has 8 heteroatoms. The summed E-state index contributed by atoms with van der Waals surface area (Å²) in [5.41, 5.74) is 5.70. The highest BCUT2D eigenvalue weighted by Crippen LogP contribution is 2.28. The van der Waals surface area contributed by atoms with E-state index in [0.717, 1.165) is 23.2 Å². The maximum atomic E-state index is 12.1. The van der Waals surface area contributed by atoms with Gasteiger partial charge < -0.3 is 14.3 Å². The van der Waals surface area contributed by atoms with Crippen LogP contribution in [0.2, 0.25) is 0 Å². The minimum Gasteiger partial charge on any atom is -0.415 e. The van der Waals surface area contributed by atoms with Crippen LogP contribution < -0.4 is 10.9 Å². The van der Waals surface area contributed by atoms with E-state index in [1.165, 1.54) is 5.56 Å². The molecular formula is C24H28N6O2. The number of aryl methyl sites for hydroxylation is 2. The van der Waals surface area contributed by atoms with Gasteiger partial charge in [0.2, 0.25) is 5.89 Å². The highest BCUT2D eigenvalue weighted by atomic mass is 16.4. The molecular weight excluding hydrogens is 404 g/mol. The second-order valence-electron chi connectivity index (χ2n) is 8.04. The molecule has 0 aliphatic heterocycles. The van der Waals surface area contributed by atoms with Gasteiger partial charge in [0.05, 0.1) is 17.6 Å². The Balaban J connectivity index is 0.00000306. The van der Waals surface area contributed by atoms with E-state index in [4.69, 9.17) is 9.40 Å². The van der Waals surface area contributed by atoms with Crippen LogP contribution in [0.5, 0.6) is 0 Å². The van der Waals surface area contributed by atoms with E-state index < -0.39 is 0 Å². The molecule has 0 unspecified atom stereocenters. The van der Waals surface area contributed by atoms with E-state index in [1.807, 2.05) is 46.9 Å². The predicted molar refractivity (Wildman–Crippen MR) is 125 cm³/mol. The third kappa shape index (κ3) is 4.22. The van der Waals surface area contributed by atoms with Gasteiger partial charge in [-0.2, -0.15) is 0 Å². The number of hydrogen-bond acceptors (Lipinski definition) is 7. The summed E-state index contributed by atoms with van der Waals surface area (Å²) in [6, 6.07) is 9.47. The normalized spacial score (nSPS) is 11.3. The van der Waals surface area contributed by atoms with Crippen LogP contribution in [-0.4, -0.2) is 31.8 Å². The van der Waals surface area contributed by atoms with Crippen molar-refractivity contribution in [1.82, 2.24) is 30.0 Å². The summed E-state index contributed by atoms with van der Waals surface area (Å²) in [5, 5.41) is 11.6. The van der Waals surface area contributed by atoms with E-state index in [2.05, 4.69) is 26.6 Å². The van der Waals surface area contributed by atoms with Gasteiger partial charge in [-0.3, -0.25) is 9.78 Å². The van der Waals surface area contributed by atoms with Crippen LogP contribution in [0.25, 0.3) is 34.3 Å². The monoisotopic (exact) mass is 432 g/mol. The van der Waals surface area contributed by atoms with Gasteiger partial charge in [-0.1, -0.05) is 12.1 Å². The summed E-state index contributed by atoms with van der Waals surface area (Å²) >= 11 is 0. The second kappa shape index (κ2) is 8.84. The van der Waals surface area contributed by atoms with Crippen molar-refractivity contribution in [2.24, 2.45) is 0 Å². The van der Waals surface area contributed by atoms with Crippen molar-refractivity contribution < 1.29 is 5.84 Å². The zero-order chi connectivity index (χ0) is 22.8. The maximum absolute atomic E-state index is 12.1.